The van der Waals surface area contributed by atoms with E-state index in [1.165, 1.54) is 11.8 Å². The van der Waals surface area contributed by atoms with Crippen LogP contribution in [0.5, 0.6) is 0 Å². The lowest BCUT2D eigenvalue weighted by Crippen LogP contribution is -2.32. The molecule has 0 atom stereocenters. The van der Waals surface area contributed by atoms with Crippen LogP contribution in [0, 0.1) is 0 Å². The number of carbonyl (C=O) groups is 1. The summed E-state index contributed by atoms with van der Waals surface area (Å²) < 4.78 is 1.72. The van der Waals surface area contributed by atoms with Crippen molar-refractivity contribution in [2.75, 3.05) is 25.4 Å². The van der Waals surface area contributed by atoms with Crippen LogP contribution in [0.15, 0.2) is 34.2 Å². The zero-order chi connectivity index (χ0) is 18.5. The first-order valence-corrected chi connectivity index (χ1v) is 10.2. The molecule has 1 aromatic heterocycles. The number of nitrogens with one attached hydrogen (secondary N) is 1. The van der Waals surface area contributed by atoms with Crippen LogP contribution >= 0.6 is 11.8 Å². The number of benzene rings is 1. The van der Waals surface area contributed by atoms with Crippen LogP contribution in [-0.4, -0.2) is 51.8 Å². The molecule has 140 valence electrons. The van der Waals surface area contributed by atoms with E-state index < -0.39 is 0 Å². The zero-order valence-corrected chi connectivity index (χ0v) is 16.2. The number of fused-ring (bicyclic) bond motifs is 1. The van der Waals surface area contributed by atoms with Gasteiger partial charge in [0.25, 0.3) is 5.56 Å². The van der Waals surface area contributed by atoms with Gasteiger partial charge in [-0.15, -0.1) is 0 Å². The third kappa shape index (κ3) is 4.65. The first-order chi connectivity index (χ1) is 12.6. The molecule has 1 aliphatic carbocycles. The summed E-state index contributed by atoms with van der Waals surface area (Å²) >= 11 is 1.34. The number of nitrogens with zero attached hydrogens (tertiary/aromatic N) is 3. The number of thioether (sulfide) groups is 1. The molecule has 7 heteroatoms. The monoisotopic (exact) mass is 374 g/mol. The normalized spacial score (nSPS) is 14.1. The van der Waals surface area contributed by atoms with Gasteiger partial charge in [-0.05, 0) is 38.1 Å². The number of likely N-dealkylation sites (N-methyl/N-ethyl adjacent to an activating group) is 1. The van der Waals surface area contributed by atoms with Gasteiger partial charge in [-0.3, -0.25) is 14.2 Å². The molecule has 0 aliphatic heterocycles. The van der Waals surface area contributed by atoms with Crippen molar-refractivity contribution in [2.45, 2.75) is 44.4 Å². The maximum absolute atomic E-state index is 13.0. The molecular formula is C19H26N4O2S. The minimum Gasteiger partial charge on any atom is -0.353 e. The predicted octanol–water partition coefficient (Wildman–Crippen LogP) is 2.11. The Kier molecular flexibility index (Phi) is 6.32. The summed E-state index contributed by atoms with van der Waals surface area (Å²) in [7, 11) is 0. The van der Waals surface area contributed by atoms with Crippen molar-refractivity contribution in [1.82, 2.24) is 19.8 Å². The molecule has 6 nitrogen and oxygen atoms in total. The quantitative estimate of drug-likeness (QED) is 0.538. The van der Waals surface area contributed by atoms with Gasteiger partial charge in [-0.25, -0.2) is 4.98 Å². The number of amides is 1. The highest BCUT2D eigenvalue weighted by molar-refractivity contribution is 7.99. The molecule has 1 heterocycles. The minimum absolute atomic E-state index is 0.00944. The van der Waals surface area contributed by atoms with Crippen LogP contribution in [0.1, 0.15) is 26.7 Å². The highest BCUT2D eigenvalue weighted by atomic mass is 32.2. The van der Waals surface area contributed by atoms with Crippen molar-refractivity contribution in [3.63, 3.8) is 0 Å². The standard InChI is InChI=1S/C19H26N4O2S/c1-3-22(4-2)11-12-23-18(25)15-7-5-6-8-16(15)21-19(23)26-13-17(24)20-14-9-10-14/h5-8,14H,3-4,9-13H2,1-2H3,(H,20,24). The molecule has 2 aromatic rings. The van der Waals surface area contributed by atoms with E-state index in [1.54, 1.807) is 4.57 Å². The average molecular weight is 375 g/mol. The van der Waals surface area contributed by atoms with Crippen LogP contribution in [-0.2, 0) is 11.3 Å². The van der Waals surface area contributed by atoms with Crippen molar-refractivity contribution >= 4 is 28.6 Å². The third-order valence-corrected chi connectivity index (χ3v) is 5.61. The predicted molar refractivity (Wildman–Crippen MR) is 106 cm³/mol. The molecule has 0 saturated heterocycles. The largest absolute Gasteiger partial charge is 0.353 e. The van der Waals surface area contributed by atoms with Gasteiger partial charge in [0, 0.05) is 19.1 Å². The molecule has 1 fully saturated rings. The summed E-state index contributed by atoms with van der Waals surface area (Å²) in [5.74, 6) is 0.294. The summed E-state index contributed by atoms with van der Waals surface area (Å²) in [4.78, 5) is 31.9. The minimum atomic E-state index is -0.0344. The molecule has 1 aromatic carbocycles. The summed E-state index contributed by atoms with van der Waals surface area (Å²) in [5, 5.41) is 4.22. The Morgan fingerprint density at radius 2 is 2.04 bits per heavy atom. The lowest BCUT2D eigenvalue weighted by molar-refractivity contribution is -0.118. The summed E-state index contributed by atoms with van der Waals surface area (Å²) in [5.41, 5.74) is 0.648. The average Bonchev–Trinajstić information content (AvgIpc) is 3.46. The van der Waals surface area contributed by atoms with Gasteiger partial charge < -0.3 is 10.2 Å². The summed E-state index contributed by atoms with van der Waals surface area (Å²) in [6, 6.07) is 7.74. The Labute approximate surface area is 158 Å². The van der Waals surface area contributed by atoms with E-state index in [2.05, 4.69) is 29.0 Å². The Balaban J connectivity index is 1.83. The second-order valence-electron chi connectivity index (χ2n) is 6.53. The number of rotatable bonds is 9. The fourth-order valence-electron chi connectivity index (χ4n) is 2.86. The van der Waals surface area contributed by atoms with E-state index in [1.807, 2.05) is 24.3 Å². The van der Waals surface area contributed by atoms with Gasteiger partial charge in [0.15, 0.2) is 5.16 Å². The number of hydrogen-bond donors (Lipinski definition) is 1. The number of carbonyl (C=O) groups excluding carboxylic acids is 1. The zero-order valence-electron chi connectivity index (χ0n) is 15.4. The Morgan fingerprint density at radius 1 is 1.31 bits per heavy atom. The Hall–Kier alpha value is -1.86. The molecule has 1 saturated carbocycles. The fourth-order valence-corrected chi connectivity index (χ4v) is 3.70. The van der Waals surface area contributed by atoms with Gasteiger partial charge in [0.2, 0.25) is 5.91 Å². The van der Waals surface area contributed by atoms with Crippen molar-refractivity contribution in [1.29, 1.82) is 0 Å². The molecule has 3 rings (SSSR count). The van der Waals surface area contributed by atoms with Crippen LogP contribution < -0.4 is 10.9 Å². The Morgan fingerprint density at radius 3 is 2.73 bits per heavy atom. The lowest BCUT2D eigenvalue weighted by Gasteiger charge is -2.20. The third-order valence-electron chi connectivity index (χ3n) is 4.64. The summed E-state index contributed by atoms with van der Waals surface area (Å²) in [6.45, 7) is 7.47. The number of para-hydroxylation sites is 1. The maximum atomic E-state index is 13.0. The van der Waals surface area contributed by atoms with Crippen molar-refractivity contribution in [3.8, 4) is 0 Å². The number of aromatic nitrogens is 2. The highest BCUT2D eigenvalue weighted by Crippen LogP contribution is 2.21. The molecule has 26 heavy (non-hydrogen) atoms. The maximum Gasteiger partial charge on any atom is 0.262 e. The van der Waals surface area contributed by atoms with E-state index in [-0.39, 0.29) is 17.2 Å². The first kappa shape index (κ1) is 18.9. The van der Waals surface area contributed by atoms with Crippen molar-refractivity contribution in [2.24, 2.45) is 0 Å². The number of hydrogen-bond acceptors (Lipinski definition) is 5. The van der Waals surface area contributed by atoms with Crippen molar-refractivity contribution in [3.05, 3.63) is 34.6 Å². The fraction of sp³-hybridized carbons (Fsp3) is 0.526. The molecule has 0 bridgehead atoms. The second kappa shape index (κ2) is 8.68. The molecule has 1 aliphatic rings. The summed E-state index contributed by atoms with van der Waals surface area (Å²) in [6.07, 6.45) is 2.14. The van der Waals surface area contributed by atoms with E-state index in [4.69, 9.17) is 0 Å². The first-order valence-electron chi connectivity index (χ1n) is 9.26. The van der Waals surface area contributed by atoms with Crippen LogP contribution in [0.2, 0.25) is 0 Å². The molecule has 1 N–H and O–H groups in total. The highest BCUT2D eigenvalue weighted by Gasteiger charge is 2.23. The van der Waals surface area contributed by atoms with E-state index in [0.29, 0.717) is 28.6 Å². The molecule has 0 radical (unpaired) electrons. The molecular weight excluding hydrogens is 348 g/mol. The Bertz CT molecular complexity index is 828. The lowest BCUT2D eigenvalue weighted by atomic mass is 10.2. The van der Waals surface area contributed by atoms with Crippen molar-refractivity contribution < 1.29 is 4.79 Å². The van der Waals surface area contributed by atoms with Gasteiger partial charge in [0.1, 0.15) is 0 Å². The van der Waals surface area contributed by atoms with Crippen LogP contribution in [0.4, 0.5) is 0 Å². The van der Waals surface area contributed by atoms with Crippen LogP contribution in [0.3, 0.4) is 0 Å². The van der Waals surface area contributed by atoms with Gasteiger partial charge in [0.05, 0.1) is 16.7 Å². The topological polar surface area (TPSA) is 67.2 Å². The molecule has 0 spiro atoms. The van der Waals surface area contributed by atoms with E-state index in [9.17, 15) is 9.59 Å². The van der Waals surface area contributed by atoms with Gasteiger partial charge in [-0.1, -0.05) is 37.7 Å². The smallest absolute Gasteiger partial charge is 0.262 e. The molecule has 0 unspecified atom stereocenters. The van der Waals surface area contributed by atoms with Gasteiger partial charge in [-0.2, -0.15) is 0 Å². The van der Waals surface area contributed by atoms with Gasteiger partial charge >= 0.3 is 0 Å². The van der Waals surface area contributed by atoms with E-state index >= 15 is 0 Å². The second-order valence-corrected chi connectivity index (χ2v) is 7.47. The molecule has 1 amide bonds. The SMILES string of the molecule is CCN(CC)CCn1c(SCC(=O)NC2CC2)nc2ccccc2c1=O. The van der Waals surface area contributed by atoms with E-state index in [0.717, 1.165) is 32.5 Å². The van der Waals surface area contributed by atoms with Crippen LogP contribution in [0.25, 0.3) is 10.9 Å².